The highest BCUT2D eigenvalue weighted by Gasteiger charge is 2.34. The Kier molecular flexibility index (Phi) is 3.51. The summed E-state index contributed by atoms with van der Waals surface area (Å²) in [5.41, 5.74) is 5.13. The van der Waals surface area contributed by atoms with Crippen LogP contribution in [0.25, 0.3) is 0 Å². The van der Waals surface area contributed by atoms with Crippen molar-refractivity contribution in [1.29, 1.82) is 0 Å². The molecule has 1 aromatic heterocycles. The first-order chi connectivity index (χ1) is 9.76. The van der Waals surface area contributed by atoms with E-state index in [1.807, 2.05) is 0 Å². The summed E-state index contributed by atoms with van der Waals surface area (Å²) in [5, 5.41) is 4.35. The van der Waals surface area contributed by atoms with Gasteiger partial charge in [-0.1, -0.05) is 36.3 Å². The fourth-order valence-corrected chi connectivity index (χ4v) is 3.47. The zero-order chi connectivity index (χ0) is 14.1. The van der Waals surface area contributed by atoms with E-state index < -0.39 is 0 Å². The Hall–Kier alpha value is -1.77. The number of fused-ring (bicyclic) bond motifs is 1. The van der Waals surface area contributed by atoms with Gasteiger partial charge in [0.2, 0.25) is 0 Å². The molecular weight excluding hydrogens is 248 g/mol. The van der Waals surface area contributed by atoms with Crippen LogP contribution in [0.1, 0.15) is 43.5 Å². The normalized spacial score (nSPS) is 20.9. The van der Waals surface area contributed by atoms with Crippen molar-refractivity contribution in [2.45, 2.75) is 33.1 Å². The lowest BCUT2D eigenvalue weighted by Gasteiger charge is -2.23. The van der Waals surface area contributed by atoms with Gasteiger partial charge in [-0.2, -0.15) is 0 Å². The second kappa shape index (κ2) is 5.31. The highest BCUT2D eigenvalue weighted by Crippen LogP contribution is 2.44. The summed E-state index contributed by atoms with van der Waals surface area (Å²) in [6.45, 7) is 8.62. The van der Waals surface area contributed by atoms with E-state index >= 15 is 0 Å². The Morgan fingerprint density at radius 2 is 2.00 bits per heavy atom. The van der Waals surface area contributed by atoms with E-state index in [0.717, 1.165) is 30.9 Å². The van der Waals surface area contributed by atoms with Crippen LogP contribution in [0.5, 0.6) is 0 Å². The molecule has 1 aromatic carbocycles. The third-order valence-corrected chi connectivity index (χ3v) is 4.48. The molecule has 0 radical (unpaired) electrons. The molecular formula is C17H22N2O. The molecule has 0 fully saturated rings. The Morgan fingerprint density at radius 3 is 2.75 bits per heavy atom. The van der Waals surface area contributed by atoms with E-state index in [-0.39, 0.29) is 0 Å². The summed E-state index contributed by atoms with van der Waals surface area (Å²) in [5.74, 6) is 0.937. The van der Waals surface area contributed by atoms with Gasteiger partial charge in [0, 0.05) is 19.0 Å². The van der Waals surface area contributed by atoms with E-state index in [1.165, 1.54) is 11.1 Å². The van der Waals surface area contributed by atoms with Gasteiger partial charge in [-0.25, -0.2) is 0 Å². The largest absolute Gasteiger partial charge is 0.368 e. The number of anilines is 1. The lowest BCUT2D eigenvalue weighted by molar-refractivity contribution is 0.400. The molecule has 2 aromatic rings. The van der Waals surface area contributed by atoms with Crippen LogP contribution in [0.4, 0.5) is 5.69 Å². The molecule has 1 heterocycles. The lowest BCUT2D eigenvalue weighted by Crippen LogP contribution is -2.23. The zero-order valence-corrected chi connectivity index (χ0v) is 12.5. The van der Waals surface area contributed by atoms with Gasteiger partial charge in [-0.15, -0.1) is 0 Å². The summed E-state index contributed by atoms with van der Waals surface area (Å²) >= 11 is 0. The molecule has 0 amide bonds. The Morgan fingerprint density at radius 1 is 1.25 bits per heavy atom. The second-order valence-corrected chi connectivity index (χ2v) is 5.62. The zero-order valence-electron chi connectivity index (χ0n) is 12.5. The summed E-state index contributed by atoms with van der Waals surface area (Å²) in [4.78, 5) is 2.32. The van der Waals surface area contributed by atoms with Crippen molar-refractivity contribution in [3.63, 3.8) is 0 Å². The number of benzene rings is 1. The Balaban J connectivity index is 2.04. The molecule has 106 valence electrons. The molecule has 1 aliphatic carbocycles. The molecule has 3 nitrogen and oxygen atoms in total. The van der Waals surface area contributed by atoms with Gasteiger partial charge >= 0.3 is 0 Å². The van der Waals surface area contributed by atoms with E-state index in [2.05, 4.69) is 55.1 Å². The molecule has 0 N–H and O–H groups in total. The average Bonchev–Trinajstić information content (AvgIpc) is 3.03. The first-order valence-corrected chi connectivity index (χ1v) is 7.53. The first-order valence-electron chi connectivity index (χ1n) is 7.53. The highest BCUT2D eigenvalue weighted by molar-refractivity contribution is 5.54. The smallest absolute Gasteiger partial charge is 0.147 e. The fourth-order valence-electron chi connectivity index (χ4n) is 3.47. The predicted octanol–water partition coefficient (Wildman–Crippen LogP) is 3.84. The van der Waals surface area contributed by atoms with Crippen LogP contribution >= 0.6 is 0 Å². The van der Waals surface area contributed by atoms with Crippen LogP contribution in [-0.2, 0) is 6.42 Å². The average molecular weight is 270 g/mol. The minimum atomic E-state index is 0.362. The van der Waals surface area contributed by atoms with Crippen molar-refractivity contribution in [2.24, 2.45) is 5.92 Å². The molecule has 20 heavy (non-hydrogen) atoms. The highest BCUT2D eigenvalue weighted by atomic mass is 16.5. The molecule has 0 aliphatic heterocycles. The maximum atomic E-state index is 5.31. The van der Waals surface area contributed by atoms with Crippen molar-refractivity contribution in [3.05, 3.63) is 47.3 Å². The van der Waals surface area contributed by atoms with E-state index in [1.54, 1.807) is 6.26 Å². The van der Waals surface area contributed by atoms with Crippen molar-refractivity contribution in [2.75, 3.05) is 18.0 Å². The number of hydrogen-bond donors (Lipinski definition) is 0. The third-order valence-electron chi connectivity index (χ3n) is 4.48. The maximum Gasteiger partial charge on any atom is 0.147 e. The molecule has 3 rings (SSSR count). The van der Waals surface area contributed by atoms with Crippen LogP contribution in [0, 0.1) is 5.92 Å². The van der Waals surface area contributed by atoms with Crippen LogP contribution in [-0.4, -0.2) is 18.2 Å². The number of rotatable bonds is 4. The second-order valence-electron chi connectivity index (χ2n) is 5.62. The van der Waals surface area contributed by atoms with Gasteiger partial charge in [0.25, 0.3) is 0 Å². The van der Waals surface area contributed by atoms with Gasteiger partial charge in [0.05, 0.1) is 0 Å². The van der Waals surface area contributed by atoms with Crippen LogP contribution < -0.4 is 4.90 Å². The molecule has 1 aliphatic rings. The Labute approximate surface area is 120 Å². The first kappa shape index (κ1) is 13.2. The number of hydrogen-bond acceptors (Lipinski definition) is 3. The molecule has 2 unspecified atom stereocenters. The summed E-state index contributed by atoms with van der Waals surface area (Å²) < 4.78 is 5.31. The van der Waals surface area contributed by atoms with E-state index in [4.69, 9.17) is 4.52 Å². The predicted molar refractivity (Wildman–Crippen MR) is 81.2 cm³/mol. The topological polar surface area (TPSA) is 29.3 Å². The summed E-state index contributed by atoms with van der Waals surface area (Å²) in [7, 11) is 0. The maximum absolute atomic E-state index is 5.31. The molecule has 3 heteroatoms. The van der Waals surface area contributed by atoms with E-state index in [0.29, 0.717) is 11.8 Å². The van der Waals surface area contributed by atoms with E-state index in [9.17, 15) is 0 Å². The molecule has 0 spiro atoms. The van der Waals surface area contributed by atoms with Crippen LogP contribution in [0.15, 0.2) is 35.1 Å². The van der Waals surface area contributed by atoms with Gasteiger partial charge in [-0.3, -0.25) is 0 Å². The summed E-state index contributed by atoms with van der Waals surface area (Å²) in [6.07, 6.45) is 2.93. The minimum Gasteiger partial charge on any atom is -0.368 e. The third kappa shape index (κ3) is 2.01. The standard InChI is InChI=1S/C17H22N2O/c1-4-19(5-2)15-11-20-18-17(15)16-12(3)10-13-8-6-7-9-14(13)16/h6-9,11-12,16H,4-5,10H2,1-3H3. The van der Waals surface area contributed by atoms with Crippen molar-refractivity contribution in [1.82, 2.24) is 5.16 Å². The molecule has 0 bridgehead atoms. The van der Waals surface area contributed by atoms with Gasteiger partial charge in [0.15, 0.2) is 0 Å². The Bertz CT molecular complexity index is 586. The quantitative estimate of drug-likeness (QED) is 0.845. The molecule has 2 atom stereocenters. The molecule has 0 saturated heterocycles. The van der Waals surface area contributed by atoms with Crippen molar-refractivity contribution in [3.8, 4) is 0 Å². The fraction of sp³-hybridized carbons (Fsp3) is 0.471. The van der Waals surface area contributed by atoms with Gasteiger partial charge < -0.3 is 9.42 Å². The number of aromatic nitrogens is 1. The number of nitrogens with zero attached hydrogens (tertiary/aromatic N) is 2. The van der Waals surface area contributed by atoms with Crippen LogP contribution in [0.2, 0.25) is 0 Å². The lowest BCUT2D eigenvalue weighted by atomic mass is 9.90. The van der Waals surface area contributed by atoms with Crippen molar-refractivity contribution < 1.29 is 4.52 Å². The monoisotopic (exact) mass is 270 g/mol. The SMILES string of the molecule is CCN(CC)c1conc1C1c2ccccc2CC1C. The van der Waals surface area contributed by atoms with Gasteiger partial charge in [0.1, 0.15) is 17.6 Å². The molecule has 0 saturated carbocycles. The minimum absolute atomic E-state index is 0.362. The van der Waals surface area contributed by atoms with Gasteiger partial charge in [-0.05, 0) is 37.3 Å². The van der Waals surface area contributed by atoms with Crippen molar-refractivity contribution >= 4 is 5.69 Å². The van der Waals surface area contributed by atoms with Crippen LogP contribution in [0.3, 0.4) is 0 Å². The summed E-state index contributed by atoms with van der Waals surface area (Å²) in [6, 6.07) is 8.73.